The molecule has 0 aliphatic rings. The summed E-state index contributed by atoms with van der Waals surface area (Å²) in [5, 5.41) is 11.2. The Morgan fingerprint density at radius 2 is 1.89 bits per heavy atom. The van der Waals surface area contributed by atoms with Crippen molar-refractivity contribution in [1.82, 2.24) is 0 Å². The van der Waals surface area contributed by atoms with E-state index in [0.717, 1.165) is 5.56 Å². The fraction of sp³-hybridized carbons (Fsp3) is 0.0476. The van der Waals surface area contributed by atoms with Gasteiger partial charge < -0.3 is 9.84 Å². The van der Waals surface area contributed by atoms with Crippen LogP contribution >= 0.6 is 39.1 Å². The van der Waals surface area contributed by atoms with Crippen molar-refractivity contribution in [3.8, 4) is 11.5 Å². The normalized spacial score (nSPS) is 11.0. The Labute approximate surface area is 180 Å². The number of hydrogen-bond donors (Lipinski definition) is 1. The van der Waals surface area contributed by atoms with Gasteiger partial charge in [0.2, 0.25) is 0 Å². The average molecular weight is 479 g/mol. The molecule has 0 aliphatic carbocycles. The maximum atomic E-state index is 12.4. The number of carbonyl (C=O) groups is 1. The molecular weight excluding hydrogens is 465 g/mol. The summed E-state index contributed by atoms with van der Waals surface area (Å²) in [5.74, 6) is -0.775. The van der Waals surface area contributed by atoms with E-state index in [4.69, 9.17) is 27.9 Å². The Morgan fingerprint density at radius 1 is 1.14 bits per heavy atom. The molecule has 7 heteroatoms. The van der Waals surface area contributed by atoms with E-state index in [1.54, 1.807) is 42.5 Å². The number of halogens is 3. The molecule has 3 aromatic rings. The maximum absolute atomic E-state index is 12.4. The third-order valence-corrected chi connectivity index (χ3v) is 5.07. The zero-order chi connectivity index (χ0) is 20.3. The van der Waals surface area contributed by atoms with Gasteiger partial charge in [-0.3, -0.25) is 4.99 Å². The first kappa shape index (κ1) is 20.4. The Kier molecular flexibility index (Phi) is 6.39. The Bertz CT molecular complexity index is 1080. The monoisotopic (exact) mass is 477 g/mol. The van der Waals surface area contributed by atoms with Crippen molar-refractivity contribution in [2.45, 2.75) is 6.92 Å². The molecular formula is C21H14BrCl2NO3. The van der Waals surface area contributed by atoms with Gasteiger partial charge in [-0.05, 0) is 43.3 Å². The van der Waals surface area contributed by atoms with Gasteiger partial charge in [0.25, 0.3) is 0 Å². The highest BCUT2D eigenvalue weighted by Crippen LogP contribution is 2.35. The molecule has 0 bridgehead atoms. The lowest BCUT2D eigenvalue weighted by Crippen LogP contribution is -2.09. The molecule has 0 atom stereocenters. The quantitative estimate of drug-likeness (QED) is 0.256. The molecule has 3 aromatic carbocycles. The minimum Gasteiger partial charge on any atom is -0.504 e. The van der Waals surface area contributed by atoms with Crippen molar-refractivity contribution in [3.63, 3.8) is 0 Å². The molecule has 1 N–H and O–H groups in total. The Hall–Kier alpha value is -2.34. The molecule has 0 unspecified atom stereocenters. The van der Waals surface area contributed by atoms with Gasteiger partial charge in [-0.1, -0.05) is 62.9 Å². The van der Waals surface area contributed by atoms with Crippen LogP contribution < -0.4 is 4.74 Å². The zero-order valence-electron chi connectivity index (χ0n) is 14.6. The number of ether oxygens (including phenoxy) is 1. The van der Waals surface area contributed by atoms with Gasteiger partial charge >= 0.3 is 5.97 Å². The van der Waals surface area contributed by atoms with E-state index in [1.807, 2.05) is 13.0 Å². The van der Waals surface area contributed by atoms with E-state index in [0.29, 0.717) is 31.3 Å². The topological polar surface area (TPSA) is 58.9 Å². The summed E-state index contributed by atoms with van der Waals surface area (Å²) in [6, 6.07) is 15.2. The number of aryl methyl sites for hydroxylation is 1. The molecule has 0 amide bonds. The largest absolute Gasteiger partial charge is 0.504 e. The first-order chi connectivity index (χ1) is 13.3. The van der Waals surface area contributed by atoms with Crippen molar-refractivity contribution >= 4 is 57.0 Å². The smallest absolute Gasteiger partial charge is 0.343 e. The Morgan fingerprint density at radius 3 is 2.64 bits per heavy atom. The molecule has 0 saturated heterocycles. The van der Waals surface area contributed by atoms with Crippen LogP contribution in [0, 0.1) is 6.92 Å². The number of rotatable bonds is 4. The lowest BCUT2D eigenvalue weighted by atomic mass is 10.1. The standard InChI is InChI=1S/C21H14BrCl2NO3/c1-12-4-2-5-13(8-12)21(27)28-18-10-15(22)9-14(20(18)26)11-25-17-7-3-6-16(23)19(17)24/h2-11,26H,1H3. The minimum atomic E-state index is -0.571. The second-order valence-electron chi connectivity index (χ2n) is 5.93. The first-order valence-corrected chi connectivity index (χ1v) is 9.69. The number of hydrogen-bond acceptors (Lipinski definition) is 4. The highest BCUT2D eigenvalue weighted by atomic mass is 79.9. The molecule has 0 aromatic heterocycles. The number of esters is 1. The third-order valence-electron chi connectivity index (χ3n) is 3.80. The second-order valence-corrected chi connectivity index (χ2v) is 7.63. The molecule has 0 saturated carbocycles. The van der Waals surface area contributed by atoms with Crippen LogP contribution in [0.4, 0.5) is 5.69 Å². The minimum absolute atomic E-state index is 0.0134. The lowest BCUT2D eigenvalue weighted by Gasteiger charge is -2.10. The fourth-order valence-electron chi connectivity index (χ4n) is 2.43. The van der Waals surface area contributed by atoms with Crippen LogP contribution in [-0.4, -0.2) is 17.3 Å². The van der Waals surface area contributed by atoms with E-state index < -0.39 is 5.97 Å². The van der Waals surface area contributed by atoms with Crippen molar-refractivity contribution in [3.05, 3.63) is 85.8 Å². The SMILES string of the molecule is Cc1cccc(C(=O)Oc2cc(Br)cc(C=Nc3cccc(Cl)c3Cl)c2O)c1. The number of aromatic hydroxyl groups is 1. The first-order valence-electron chi connectivity index (χ1n) is 8.14. The third kappa shape index (κ3) is 4.73. The van der Waals surface area contributed by atoms with E-state index >= 15 is 0 Å². The van der Waals surface area contributed by atoms with Crippen LogP contribution in [-0.2, 0) is 0 Å². The number of phenolic OH excluding ortho intramolecular Hbond substituents is 1. The van der Waals surface area contributed by atoms with E-state index in [1.165, 1.54) is 12.3 Å². The number of aliphatic imine (C=N–C) groups is 1. The van der Waals surface area contributed by atoms with Gasteiger partial charge in [0.15, 0.2) is 11.5 Å². The molecule has 142 valence electrons. The summed E-state index contributed by atoms with van der Waals surface area (Å²) >= 11 is 15.5. The van der Waals surface area contributed by atoms with Gasteiger partial charge in [0.1, 0.15) is 0 Å². The highest BCUT2D eigenvalue weighted by Gasteiger charge is 2.15. The number of benzene rings is 3. The predicted molar refractivity (Wildman–Crippen MR) is 116 cm³/mol. The summed E-state index contributed by atoms with van der Waals surface area (Å²) < 4.78 is 5.98. The lowest BCUT2D eigenvalue weighted by molar-refractivity contribution is 0.0729. The molecule has 0 heterocycles. The zero-order valence-corrected chi connectivity index (χ0v) is 17.7. The van der Waals surface area contributed by atoms with E-state index in [9.17, 15) is 9.90 Å². The average Bonchev–Trinajstić information content (AvgIpc) is 2.66. The maximum Gasteiger partial charge on any atom is 0.343 e. The van der Waals surface area contributed by atoms with Crippen LogP contribution in [0.5, 0.6) is 11.5 Å². The van der Waals surface area contributed by atoms with Crippen LogP contribution in [0.25, 0.3) is 0 Å². The van der Waals surface area contributed by atoms with Crippen molar-refractivity contribution < 1.29 is 14.6 Å². The molecule has 28 heavy (non-hydrogen) atoms. The molecule has 0 spiro atoms. The van der Waals surface area contributed by atoms with Crippen LogP contribution in [0.2, 0.25) is 10.0 Å². The van der Waals surface area contributed by atoms with Crippen LogP contribution in [0.15, 0.2) is 64.1 Å². The molecule has 4 nitrogen and oxygen atoms in total. The molecule has 0 fully saturated rings. The van der Waals surface area contributed by atoms with Crippen molar-refractivity contribution in [2.24, 2.45) is 4.99 Å². The number of nitrogens with zero attached hydrogens (tertiary/aromatic N) is 1. The summed E-state index contributed by atoms with van der Waals surface area (Å²) in [6.45, 7) is 1.88. The number of carbonyl (C=O) groups excluding carboxylic acids is 1. The molecule has 0 aliphatic heterocycles. The molecule has 3 rings (SSSR count). The summed E-state index contributed by atoms with van der Waals surface area (Å²) in [4.78, 5) is 16.7. The second kappa shape index (κ2) is 8.78. The van der Waals surface area contributed by atoms with E-state index in [-0.39, 0.29) is 11.5 Å². The summed E-state index contributed by atoms with van der Waals surface area (Å²) in [5.41, 5.74) is 2.11. The van der Waals surface area contributed by atoms with Gasteiger partial charge in [0.05, 0.1) is 21.3 Å². The van der Waals surface area contributed by atoms with Gasteiger partial charge in [-0.15, -0.1) is 0 Å². The molecule has 0 radical (unpaired) electrons. The summed E-state index contributed by atoms with van der Waals surface area (Å²) in [7, 11) is 0. The summed E-state index contributed by atoms with van der Waals surface area (Å²) in [6.07, 6.45) is 1.42. The van der Waals surface area contributed by atoms with E-state index in [2.05, 4.69) is 20.9 Å². The number of phenols is 1. The van der Waals surface area contributed by atoms with Crippen LogP contribution in [0.1, 0.15) is 21.5 Å². The van der Waals surface area contributed by atoms with Crippen molar-refractivity contribution in [1.29, 1.82) is 0 Å². The van der Waals surface area contributed by atoms with Crippen molar-refractivity contribution in [2.75, 3.05) is 0 Å². The van der Waals surface area contributed by atoms with Gasteiger partial charge in [-0.2, -0.15) is 0 Å². The Balaban J connectivity index is 1.90. The van der Waals surface area contributed by atoms with Gasteiger partial charge in [-0.25, -0.2) is 4.79 Å². The highest BCUT2D eigenvalue weighted by molar-refractivity contribution is 9.10. The van der Waals surface area contributed by atoms with Crippen LogP contribution in [0.3, 0.4) is 0 Å². The van der Waals surface area contributed by atoms with Gasteiger partial charge in [0, 0.05) is 16.3 Å². The predicted octanol–water partition coefficient (Wildman–Crippen LogP) is 6.74. The fourth-order valence-corrected chi connectivity index (χ4v) is 3.23.